The summed E-state index contributed by atoms with van der Waals surface area (Å²) in [6.07, 6.45) is 1.30. The normalized spacial score (nSPS) is 23.6. The number of carbonyl (C=O) groups excluding carboxylic acids is 1. The summed E-state index contributed by atoms with van der Waals surface area (Å²) in [6.45, 7) is 0.497. The first-order valence-corrected chi connectivity index (χ1v) is 7.12. The Morgan fingerprint density at radius 1 is 1.47 bits per heavy atom. The highest BCUT2D eigenvalue weighted by Crippen LogP contribution is 2.24. The minimum atomic E-state index is -0.920. The first-order valence-electron chi connectivity index (χ1n) is 6.24. The quantitative estimate of drug-likeness (QED) is 0.909. The Kier molecular flexibility index (Phi) is 4.21. The Labute approximate surface area is 116 Å². The molecule has 1 aromatic rings. The Morgan fingerprint density at radius 2 is 2.21 bits per heavy atom. The molecule has 1 N–H and O–H groups in total. The molecule has 19 heavy (non-hydrogen) atoms. The zero-order valence-corrected chi connectivity index (χ0v) is 11.9. The molecular formula is C13H18N2O3S. The molecule has 0 aliphatic carbocycles. The minimum Gasteiger partial charge on any atom is -0.480 e. The van der Waals surface area contributed by atoms with Gasteiger partial charge in [-0.15, -0.1) is 11.3 Å². The summed E-state index contributed by atoms with van der Waals surface area (Å²) in [5, 5.41) is 11.2. The third-order valence-electron chi connectivity index (χ3n) is 3.58. The number of nitrogens with zero attached hydrogens (tertiary/aromatic N) is 2. The van der Waals surface area contributed by atoms with Crippen molar-refractivity contribution in [3.05, 3.63) is 22.4 Å². The molecule has 1 aliphatic heterocycles. The highest BCUT2D eigenvalue weighted by Gasteiger charge is 2.37. The lowest BCUT2D eigenvalue weighted by Crippen LogP contribution is -2.53. The first-order chi connectivity index (χ1) is 9.00. The van der Waals surface area contributed by atoms with E-state index < -0.39 is 12.0 Å². The third kappa shape index (κ3) is 2.96. The Bertz CT molecular complexity index is 458. The maximum atomic E-state index is 12.3. The van der Waals surface area contributed by atoms with Gasteiger partial charge in [0.2, 0.25) is 0 Å². The number of hydrogen-bond acceptors (Lipinski definition) is 4. The number of likely N-dealkylation sites (tertiary alicyclic amines) is 1. The van der Waals surface area contributed by atoms with Crippen LogP contribution in [0.25, 0.3) is 0 Å². The van der Waals surface area contributed by atoms with Gasteiger partial charge in [-0.1, -0.05) is 6.07 Å². The van der Waals surface area contributed by atoms with E-state index in [0.29, 0.717) is 17.8 Å². The van der Waals surface area contributed by atoms with Crippen molar-refractivity contribution in [2.45, 2.75) is 24.9 Å². The van der Waals surface area contributed by atoms with Crippen molar-refractivity contribution in [1.82, 2.24) is 9.80 Å². The number of aliphatic carboxylic acids is 1. The van der Waals surface area contributed by atoms with Crippen molar-refractivity contribution in [2.24, 2.45) is 0 Å². The topological polar surface area (TPSA) is 60.9 Å². The van der Waals surface area contributed by atoms with Crippen LogP contribution in [0.4, 0.5) is 0 Å². The molecule has 2 atom stereocenters. The third-order valence-corrected chi connectivity index (χ3v) is 4.44. The predicted molar refractivity (Wildman–Crippen MR) is 73.5 cm³/mol. The summed E-state index contributed by atoms with van der Waals surface area (Å²) in [5.74, 6) is -1.09. The van der Waals surface area contributed by atoms with E-state index in [-0.39, 0.29) is 11.9 Å². The number of carbonyl (C=O) groups is 2. The van der Waals surface area contributed by atoms with Gasteiger partial charge >= 0.3 is 5.97 Å². The maximum Gasteiger partial charge on any atom is 0.326 e. The van der Waals surface area contributed by atoms with E-state index in [9.17, 15) is 14.7 Å². The largest absolute Gasteiger partial charge is 0.480 e. The van der Waals surface area contributed by atoms with E-state index in [4.69, 9.17) is 0 Å². The van der Waals surface area contributed by atoms with Crippen molar-refractivity contribution in [1.29, 1.82) is 0 Å². The van der Waals surface area contributed by atoms with Crippen LogP contribution < -0.4 is 0 Å². The van der Waals surface area contributed by atoms with Crippen molar-refractivity contribution < 1.29 is 14.7 Å². The molecule has 0 unspecified atom stereocenters. The van der Waals surface area contributed by atoms with Crippen LogP contribution in [-0.2, 0) is 4.79 Å². The van der Waals surface area contributed by atoms with Crippen LogP contribution in [0.5, 0.6) is 0 Å². The number of piperidine rings is 1. The zero-order chi connectivity index (χ0) is 14.0. The number of carboxylic acid groups (broad SMARTS) is 1. The summed E-state index contributed by atoms with van der Waals surface area (Å²) < 4.78 is 0. The lowest BCUT2D eigenvalue weighted by atomic mass is 9.96. The molecule has 2 rings (SSSR count). The molecule has 0 aromatic carbocycles. The fourth-order valence-corrected chi connectivity index (χ4v) is 3.11. The fraction of sp³-hybridized carbons (Fsp3) is 0.538. The van der Waals surface area contributed by atoms with E-state index in [1.54, 1.807) is 12.1 Å². The molecule has 1 aromatic heterocycles. The van der Waals surface area contributed by atoms with Gasteiger partial charge in [-0.3, -0.25) is 4.79 Å². The predicted octanol–water partition coefficient (Wildman–Crippen LogP) is 1.37. The summed E-state index contributed by atoms with van der Waals surface area (Å²) in [4.78, 5) is 27.8. The summed E-state index contributed by atoms with van der Waals surface area (Å²) >= 11 is 1.35. The van der Waals surface area contributed by atoms with Crippen LogP contribution in [0.3, 0.4) is 0 Å². The highest BCUT2D eigenvalue weighted by molar-refractivity contribution is 7.12. The van der Waals surface area contributed by atoms with Crippen LogP contribution in [0.15, 0.2) is 17.5 Å². The molecule has 5 nitrogen and oxygen atoms in total. The average Bonchev–Trinajstić information content (AvgIpc) is 2.90. The van der Waals surface area contributed by atoms with E-state index in [0.717, 1.165) is 6.42 Å². The Balaban J connectivity index is 2.16. The van der Waals surface area contributed by atoms with Gasteiger partial charge in [0.15, 0.2) is 0 Å². The molecule has 0 spiro atoms. The molecule has 1 fully saturated rings. The van der Waals surface area contributed by atoms with Crippen molar-refractivity contribution >= 4 is 23.2 Å². The van der Waals surface area contributed by atoms with Gasteiger partial charge in [-0.25, -0.2) is 4.79 Å². The minimum absolute atomic E-state index is 0.167. The second kappa shape index (κ2) is 5.71. The molecule has 1 aliphatic rings. The number of carboxylic acids is 1. The molecule has 0 saturated carbocycles. The van der Waals surface area contributed by atoms with Gasteiger partial charge in [0.1, 0.15) is 6.04 Å². The van der Waals surface area contributed by atoms with Crippen LogP contribution in [-0.4, -0.2) is 59.5 Å². The van der Waals surface area contributed by atoms with Gasteiger partial charge in [0.05, 0.1) is 4.88 Å². The van der Waals surface area contributed by atoms with E-state index >= 15 is 0 Å². The standard InChI is InChI=1S/C13H18N2O3S/c1-14(2)9-5-6-15(10(8-9)13(17)18)12(16)11-4-3-7-19-11/h3-4,7,9-10H,5-6,8H2,1-2H3,(H,17,18)/t9-,10+/m1/s1. The molecule has 0 radical (unpaired) electrons. The maximum absolute atomic E-state index is 12.3. The Hall–Kier alpha value is -1.40. The summed E-state index contributed by atoms with van der Waals surface area (Å²) in [7, 11) is 3.89. The molecular weight excluding hydrogens is 264 g/mol. The van der Waals surface area contributed by atoms with Gasteiger partial charge in [-0.2, -0.15) is 0 Å². The number of hydrogen-bond donors (Lipinski definition) is 1. The van der Waals surface area contributed by atoms with Gasteiger partial charge in [0.25, 0.3) is 5.91 Å². The smallest absolute Gasteiger partial charge is 0.326 e. The first kappa shape index (κ1) is 14.0. The van der Waals surface area contributed by atoms with E-state index in [1.165, 1.54) is 16.2 Å². The fourth-order valence-electron chi connectivity index (χ4n) is 2.43. The number of amides is 1. The average molecular weight is 282 g/mol. The lowest BCUT2D eigenvalue weighted by Gasteiger charge is -2.39. The molecule has 6 heteroatoms. The summed E-state index contributed by atoms with van der Waals surface area (Å²) in [5.41, 5.74) is 0. The van der Waals surface area contributed by atoms with E-state index in [1.807, 2.05) is 24.4 Å². The molecule has 1 saturated heterocycles. The van der Waals surface area contributed by atoms with Crippen LogP contribution in [0.1, 0.15) is 22.5 Å². The zero-order valence-electron chi connectivity index (χ0n) is 11.1. The lowest BCUT2D eigenvalue weighted by molar-refractivity contribution is -0.144. The van der Waals surface area contributed by atoms with Crippen molar-refractivity contribution in [2.75, 3.05) is 20.6 Å². The number of thiophene rings is 1. The van der Waals surface area contributed by atoms with Gasteiger partial charge in [-0.05, 0) is 38.4 Å². The molecule has 0 bridgehead atoms. The van der Waals surface area contributed by atoms with Crippen molar-refractivity contribution in [3.8, 4) is 0 Å². The second-order valence-electron chi connectivity index (χ2n) is 4.97. The van der Waals surface area contributed by atoms with Crippen molar-refractivity contribution in [3.63, 3.8) is 0 Å². The van der Waals surface area contributed by atoms with Gasteiger partial charge in [0, 0.05) is 12.6 Å². The molecule has 1 amide bonds. The molecule has 104 valence electrons. The van der Waals surface area contributed by atoms with E-state index in [2.05, 4.69) is 0 Å². The molecule has 2 heterocycles. The number of rotatable bonds is 3. The summed E-state index contributed by atoms with van der Waals surface area (Å²) in [6, 6.07) is 3.04. The highest BCUT2D eigenvalue weighted by atomic mass is 32.1. The van der Waals surface area contributed by atoms with Gasteiger partial charge < -0.3 is 14.9 Å². The second-order valence-corrected chi connectivity index (χ2v) is 5.92. The monoisotopic (exact) mass is 282 g/mol. The van der Waals surface area contributed by atoms with Crippen LogP contribution >= 0.6 is 11.3 Å². The Morgan fingerprint density at radius 3 is 2.74 bits per heavy atom. The SMILES string of the molecule is CN(C)[C@@H]1CCN(C(=O)c2cccs2)[C@H](C(=O)O)C1. The van der Waals surface area contributed by atoms with Crippen LogP contribution in [0.2, 0.25) is 0 Å². The van der Waals surface area contributed by atoms with Crippen LogP contribution in [0, 0.1) is 0 Å².